The van der Waals surface area contributed by atoms with E-state index in [9.17, 15) is 0 Å². The molecule has 2 atom stereocenters. The van der Waals surface area contributed by atoms with Crippen LogP contribution in [0.4, 0.5) is 0 Å². The van der Waals surface area contributed by atoms with Crippen LogP contribution in [0.15, 0.2) is 34.9 Å². The number of hydrogen-bond donors (Lipinski definition) is 1. The number of piperidine rings is 1. The van der Waals surface area contributed by atoms with E-state index in [-0.39, 0.29) is 6.04 Å². The van der Waals surface area contributed by atoms with Gasteiger partial charge in [0.05, 0.1) is 12.6 Å². The maximum Gasteiger partial charge on any atom is 0.244 e. The van der Waals surface area contributed by atoms with E-state index in [1.54, 1.807) is 0 Å². The molecule has 1 aliphatic rings. The molecule has 21 heavy (non-hydrogen) atoms. The fourth-order valence-electron chi connectivity index (χ4n) is 2.65. The first kappa shape index (κ1) is 14.1. The van der Waals surface area contributed by atoms with Gasteiger partial charge in [0.25, 0.3) is 0 Å². The minimum Gasteiger partial charge on any atom is -0.493 e. The lowest BCUT2D eigenvalue weighted by Gasteiger charge is -2.26. The molecule has 2 unspecified atom stereocenters. The third-order valence-corrected chi connectivity index (χ3v) is 3.86. The van der Waals surface area contributed by atoms with Crippen LogP contribution in [0.25, 0.3) is 0 Å². The highest BCUT2D eigenvalue weighted by Crippen LogP contribution is 2.27. The summed E-state index contributed by atoms with van der Waals surface area (Å²) in [6.07, 6.45) is 3.07. The summed E-state index contributed by atoms with van der Waals surface area (Å²) in [7, 11) is 0. The molecule has 0 saturated carbocycles. The number of para-hydroxylation sites is 1. The number of benzene rings is 1. The van der Waals surface area contributed by atoms with Crippen molar-refractivity contribution in [2.75, 3.05) is 13.2 Å². The van der Waals surface area contributed by atoms with Gasteiger partial charge in [0.2, 0.25) is 5.89 Å². The molecule has 0 amide bonds. The van der Waals surface area contributed by atoms with Crippen molar-refractivity contribution in [2.45, 2.75) is 32.2 Å². The molecule has 2 heterocycles. The molecule has 112 valence electrons. The van der Waals surface area contributed by atoms with Crippen LogP contribution in [-0.2, 0) is 6.42 Å². The van der Waals surface area contributed by atoms with Crippen molar-refractivity contribution >= 4 is 0 Å². The molecule has 1 aromatic carbocycles. The molecular weight excluding hydrogens is 266 g/mol. The van der Waals surface area contributed by atoms with E-state index in [1.807, 2.05) is 30.3 Å². The van der Waals surface area contributed by atoms with Gasteiger partial charge in [-0.05, 0) is 37.4 Å². The summed E-state index contributed by atoms with van der Waals surface area (Å²) >= 11 is 0. The zero-order valence-corrected chi connectivity index (χ0v) is 12.3. The predicted molar refractivity (Wildman–Crippen MR) is 79.1 cm³/mol. The molecular formula is C16H21N3O2. The summed E-state index contributed by atoms with van der Waals surface area (Å²) in [5.74, 6) is 2.81. The molecule has 3 rings (SSSR count). The Kier molecular flexibility index (Phi) is 4.50. The highest BCUT2D eigenvalue weighted by Gasteiger charge is 2.27. The van der Waals surface area contributed by atoms with E-state index < -0.39 is 0 Å². The summed E-state index contributed by atoms with van der Waals surface area (Å²) in [5.41, 5.74) is 0. The fraction of sp³-hybridized carbons (Fsp3) is 0.500. The number of nitrogens with one attached hydrogen (secondary N) is 1. The Bertz CT molecular complexity index is 556. The summed E-state index contributed by atoms with van der Waals surface area (Å²) < 4.78 is 11.0. The first-order valence-corrected chi connectivity index (χ1v) is 7.56. The molecule has 1 N–H and O–H groups in total. The van der Waals surface area contributed by atoms with Gasteiger partial charge in [-0.2, -0.15) is 4.98 Å². The Balaban J connectivity index is 1.53. The van der Waals surface area contributed by atoms with E-state index >= 15 is 0 Å². The van der Waals surface area contributed by atoms with E-state index in [1.165, 1.54) is 12.8 Å². The molecule has 0 spiro atoms. The second kappa shape index (κ2) is 6.72. The van der Waals surface area contributed by atoms with Crippen LogP contribution in [0.1, 0.15) is 37.5 Å². The normalized spacial score (nSPS) is 22.1. The highest BCUT2D eigenvalue weighted by atomic mass is 16.5. The zero-order chi connectivity index (χ0) is 14.5. The third kappa shape index (κ3) is 3.61. The second-order valence-corrected chi connectivity index (χ2v) is 5.51. The molecule has 5 heteroatoms. The zero-order valence-electron chi connectivity index (χ0n) is 12.3. The Labute approximate surface area is 124 Å². The van der Waals surface area contributed by atoms with Crippen molar-refractivity contribution < 1.29 is 9.26 Å². The molecule has 2 aromatic rings. The van der Waals surface area contributed by atoms with E-state index in [0.717, 1.165) is 12.3 Å². The van der Waals surface area contributed by atoms with Crippen molar-refractivity contribution in [3.05, 3.63) is 42.0 Å². The molecule has 1 saturated heterocycles. The smallest absolute Gasteiger partial charge is 0.244 e. The van der Waals surface area contributed by atoms with Gasteiger partial charge in [-0.15, -0.1) is 0 Å². The van der Waals surface area contributed by atoms with Crippen molar-refractivity contribution in [1.29, 1.82) is 0 Å². The van der Waals surface area contributed by atoms with Crippen LogP contribution < -0.4 is 10.1 Å². The molecule has 0 aliphatic carbocycles. The van der Waals surface area contributed by atoms with Gasteiger partial charge >= 0.3 is 0 Å². The maximum absolute atomic E-state index is 5.65. The molecule has 1 aromatic heterocycles. The summed E-state index contributed by atoms with van der Waals surface area (Å²) in [4.78, 5) is 4.50. The first-order valence-electron chi connectivity index (χ1n) is 7.56. The van der Waals surface area contributed by atoms with Crippen LogP contribution in [0.5, 0.6) is 5.75 Å². The van der Waals surface area contributed by atoms with Crippen molar-refractivity contribution in [2.24, 2.45) is 5.92 Å². The summed E-state index contributed by atoms with van der Waals surface area (Å²) in [6.45, 7) is 3.79. The summed E-state index contributed by atoms with van der Waals surface area (Å²) in [6, 6.07) is 9.95. The monoisotopic (exact) mass is 287 g/mol. The first-order chi connectivity index (χ1) is 10.3. The van der Waals surface area contributed by atoms with Crippen LogP contribution in [0.3, 0.4) is 0 Å². The van der Waals surface area contributed by atoms with E-state index in [4.69, 9.17) is 9.26 Å². The molecule has 0 radical (unpaired) electrons. The van der Waals surface area contributed by atoms with Crippen molar-refractivity contribution in [3.8, 4) is 5.75 Å². The van der Waals surface area contributed by atoms with Gasteiger partial charge in [-0.1, -0.05) is 30.3 Å². The average Bonchev–Trinajstić information content (AvgIpc) is 2.97. The Morgan fingerprint density at radius 2 is 2.19 bits per heavy atom. The molecule has 1 aliphatic heterocycles. The maximum atomic E-state index is 5.65. The van der Waals surface area contributed by atoms with Crippen LogP contribution in [0, 0.1) is 5.92 Å². The summed E-state index contributed by atoms with van der Waals surface area (Å²) in [5, 5.41) is 7.50. The quantitative estimate of drug-likeness (QED) is 0.916. The van der Waals surface area contributed by atoms with Gasteiger partial charge in [0, 0.05) is 6.42 Å². The van der Waals surface area contributed by atoms with Gasteiger partial charge in [0.15, 0.2) is 5.82 Å². The van der Waals surface area contributed by atoms with Gasteiger partial charge in [0.1, 0.15) is 5.75 Å². The van der Waals surface area contributed by atoms with Crippen molar-refractivity contribution in [3.63, 3.8) is 0 Å². The van der Waals surface area contributed by atoms with E-state index in [0.29, 0.717) is 30.7 Å². The lowest BCUT2D eigenvalue weighted by Crippen LogP contribution is -2.33. The largest absolute Gasteiger partial charge is 0.493 e. The topological polar surface area (TPSA) is 60.2 Å². The third-order valence-electron chi connectivity index (χ3n) is 3.86. The van der Waals surface area contributed by atoms with Gasteiger partial charge < -0.3 is 14.6 Å². The highest BCUT2D eigenvalue weighted by molar-refractivity contribution is 5.20. The lowest BCUT2D eigenvalue weighted by molar-refractivity contribution is 0.238. The minimum absolute atomic E-state index is 0.190. The predicted octanol–water partition coefficient (Wildman–Crippen LogP) is 2.75. The number of hydrogen-bond acceptors (Lipinski definition) is 5. The number of nitrogens with zero attached hydrogens (tertiary/aromatic N) is 2. The minimum atomic E-state index is 0.190. The Morgan fingerprint density at radius 1 is 1.33 bits per heavy atom. The van der Waals surface area contributed by atoms with Gasteiger partial charge in [-0.3, -0.25) is 0 Å². The van der Waals surface area contributed by atoms with Crippen LogP contribution in [-0.4, -0.2) is 23.3 Å². The lowest BCUT2D eigenvalue weighted by atomic mass is 9.93. The SMILES string of the molecule is CC1CCCNC1c1nc(CCOc2ccccc2)no1. The Hall–Kier alpha value is -1.88. The van der Waals surface area contributed by atoms with Crippen LogP contribution in [0.2, 0.25) is 0 Å². The van der Waals surface area contributed by atoms with Crippen molar-refractivity contribution in [1.82, 2.24) is 15.5 Å². The number of aromatic nitrogens is 2. The number of rotatable bonds is 5. The second-order valence-electron chi connectivity index (χ2n) is 5.51. The fourth-order valence-corrected chi connectivity index (χ4v) is 2.65. The molecule has 1 fully saturated rings. The van der Waals surface area contributed by atoms with Crippen LogP contribution >= 0.6 is 0 Å². The van der Waals surface area contributed by atoms with Gasteiger partial charge in [-0.25, -0.2) is 0 Å². The number of ether oxygens (including phenoxy) is 1. The van der Waals surface area contributed by atoms with E-state index in [2.05, 4.69) is 22.4 Å². The molecule has 5 nitrogen and oxygen atoms in total. The molecule has 0 bridgehead atoms. The Morgan fingerprint density at radius 3 is 3.00 bits per heavy atom. The average molecular weight is 287 g/mol. The standard InChI is InChI=1S/C16H21N3O2/c1-12-6-5-10-17-15(12)16-18-14(19-21-16)9-11-20-13-7-3-2-4-8-13/h2-4,7-8,12,15,17H,5-6,9-11H2,1H3.